The van der Waals surface area contributed by atoms with Crippen molar-refractivity contribution in [1.29, 1.82) is 0 Å². The Kier molecular flexibility index (Phi) is 14.5. The van der Waals surface area contributed by atoms with Crippen LogP contribution in [0, 0.1) is 50.2 Å². The zero-order valence-corrected chi connectivity index (χ0v) is 40.0. The Bertz CT molecular complexity index is 1890. The molecule has 388 valence electrons. The van der Waals surface area contributed by atoms with Gasteiger partial charge in [-0.05, 0) is 105 Å². The van der Waals surface area contributed by atoms with E-state index in [1.54, 1.807) is 0 Å². The molecule has 0 aromatic heterocycles. The van der Waals surface area contributed by atoms with Crippen molar-refractivity contribution in [3.05, 3.63) is 11.6 Å². The Hall–Kier alpha value is -1.96. The first kappa shape index (κ1) is 52.4. The highest BCUT2D eigenvalue weighted by molar-refractivity contribution is 5.81. The van der Waals surface area contributed by atoms with Crippen molar-refractivity contribution in [1.82, 2.24) is 0 Å². The average molecular weight is 973 g/mol. The van der Waals surface area contributed by atoms with Gasteiger partial charge in [0.2, 0.25) is 6.29 Å². The third-order valence-corrected chi connectivity index (χ3v) is 19.5. The Morgan fingerprint density at radius 3 is 1.99 bits per heavy atom. The van der Waals surface area contributed by atoms with Crippen LogP contribution >= 0.6 is 0 Å². The van der Waals surface area contributed by atoms with E-state index in [2.05, 4.69) is 26.8 Å². The predicted octanol–water partition coefficient (Wildman–Crippen LogP) is -1.09. The molecule has 68 heavy (non-hydrogen) atoms. The number of esters is 2. The number of aliphatic hydroxyl groups is 11. The second kappa shape index (κ2) is 18.8. The van der Waals surface area contributed by atoms with E-state index in [9.17, 15) is 65.8 Å². The highest BCUT2D eigenvalue weighted by Crippen LogP contribution is 2.76. The summed E-state index contributed by atoms with van der Waals surface area (Å²) in [6, 6.07) is 0. The Labute approximate surface area is 396 Å². The van der Waals surface area contributed by atoms with Gasteiger partial charge in [-0.3, -0.25) is 9.59 Å². The molecule has 0 spiro atoms. The summed E-state index contributed by atoms with van der Waals surface area (Å²) in [4.78, 5) is 28.3. The SMILES string of the molecule is COC(=O)C1(C)CCC2(C(=O)OC3OC(CO)C(O)C(O)C3O)CCC3(C)C(=CCC4C5(C)CCC(OC6OC(CO)C(O)C(OC7OCC(O)C(O)C7O)C6O)C(C)(CO)C5CCC43C)C2C1. The van der Waals surface area contributed by atoms with Gasteiger partial charge in [-0.1, -0.05) is 39.3 Å². The van der Waals surface area contributed by atoms with Crippen molar-refractivity contribution in [2.45, 2.75) is 191 Å². The van der Waals surface area contributed by atoms with E-state index in [4.69, 9.17) is 33.2 Å². The molecule has 7 fully saturated rings. The molecule has 20 nitrogen and oxygen atoms in total. The molecule has 4 saturated carbocycles. The van der Waals surface area contributed by atoms with Crippen LogP contribution < -0.4 is 0 Å². The van der Waals surface area contributed by atoms with Crippen molar-refractivity contribution in [2.24, 2.45) is 50.2 Å². The molecule has 24 unspecified atom stereocenters. The fourth-order valence-corrected chi connectivity index (χ4v) is 15.0. The number of hydrogen-bond donors (Lipinski definition) is 11. The lowest BCUT2D eigenvalue weighted by Gasteiger charge is -2.71. The summed E-state index contributed by atoms with van der Waals surface area (Å²) in [7, 11) is 1.35. The van der Waals surface area contributed by atoms with Crippen LogP contribution in [0.2, 0.25) is 0 Å². The van der Waals surface area contributed by atoms with Gasteiger partial charge in [0.1, 0.15) is 67.1 Å². The standard InChI is InChI=1S/C48H76O20/c1-43(41(60)62-6)13-15-48(42(61)68-39-35(58)33(56)31(54)25(18-49)64-39)16-14-46(4)22(23(48)17-43)7-8-28-44(2)11-10-29(45(3,21-51)27(44)9-12-47(28,46)5)66-40-36(59)37(32(55)26(19-50)65-40)67-38-34(57)30(53)24(52)20-63-38/h7,23-40,49-59H,8-21H2,1-6H3. The van der Waals surface area contributed by atoms with Crippen LogP contribution in [0.4, 0.5) is 0 Å². The van der Waals surface area contributed by atoms with Crippen molar-refractivity contribution < 1.29 is 98.9 Å². The van der Waals surface area contributed by atoms with Gasteiger partial charge in [-0.25, -0.2) is 0 Å². The summed E-state index contributed by atoms with van der Waals surface area (Å²) in [5, 5.41) is 117. The number of hydrogen-bond acceptors (Lipinski definition) is 20. The lowest BCUT2D eigenvalue weighted by atomic mass is 9.33. The van der Waals surface area contributed by atoms with E-state index in [-0.39, 0.29) is 48.3 Å². The largest absolute Gasteiger partial charge is 0.469 e. The monoisotopic (exact) mass is 972 g/mol. The number of ether oxygens (including phenoxy) is 7. The molecule has 24 atom stereocenters. The van der Waals surface area contributed by atoms with Crippen LogP contribution in [-0.4, -0.2) is 194 Å². The number of aliphatic hydroxyl groups excluding tert-OH is 11. The van der Waals surface area contributed by atoms with E-state index in [0.29, 0.717) is 51.4 Å². The summed E-state index contributed by atoms with van der Waals surface area (Å²) >= 11 is 0. The van der Waals surface area contributed by atoms with Crippen LogP contribution in [0.1, 0.15) is 98.8 Å². The minimum absolute atomic E-state index is 0.0810. The van der Waals surface area contributed by atoms with Crippen molar-refractivity contribution in [2.75, 3.05) is 33.5 Å². The van der Waals surface area contributed by atoms with Crippen LogP contribution in [0.3, 0.4) is 0 Å². The van der Waals surface area contributed by atoms with Crippen molar-refractivity contribution in [3.63, 3.8) is 0 Å². The first-order valence-corrected chi connectivity index (χ1v) is 24.5. The maximum absolute atomic E-state index is 14.8. The molecule has 8 aliphatic rings. The summed E-state index contributed by atoms with van der Waals surface area (Å²) in [5.41, 5.74) is -3.06. The van der Waals surface area contributed by atoms with Gasteiger partial charge in [0, 0.05) is 5.41 Å². The zero-order chi connectivity index (χ0) is 49.7. The Morgan fingerprint density at radius 2 is 1.32 bits per heavy atom. The van der Waals surface area contributed by atoms with E-state index in [1.807, 2.05) is 13.8 Å². The number of rotatable bonds is 10. The molecule has 3 saturated heterocycles. The van der Waals surface area contributed by atoms with Gasteiger partial charge in [0.25, 0.3) is 0 Å². The second-order valence-electron chi connectivity index (χ2n) is 22.7. The first-order valence-electron chi connectivity index (χ1n) is 24.5. The third kappa shape index (κ3) is 7.94. The molecule has 3 aliphatic heterocycles. The number of carbonyl (C=O) groups is 2. The van der Waals surface area contributed by atoms with Crippen LogP contribution in [-0.2, 0) is 42.7 Å². The Morgan fingerprint density at radius 1 is 0.676 bits per heavy atom. The lowest BCUT2D eigenvalue weighted by molar-refractivity contribution is -0.363. The molecule has 11 N–H and O–H groups in total. The van der Waals surface area contributed by atoms with Crippen LogP contribution in [0.25, 0.3) is 0 Å². The fraction of sp³-hybridized carbons (Fsp3) is 0.917. The van der Waals surface area contributed by atoms with Gasteiger partial charge in [-0.15, -0.1) is 0 Å². The van der Waals surface area contributed by atoms with Gasteiger partial charge < -0.3 is 89.3 Å². The number of fused-ring (bicyclic) bond motifs is 7. The van der Waals surface area contributed by atoms with Gasteiger partial charge in [0.15, 0.2) is 12.6 Å². The molecule has 0 radical (unpaired) electrons. The quantitative estimate of drug-likeness (QED) is 0.0704. The molecule has 0 aromatic rings. The van der Waals surface area contributed by atoms with Crippen LogP contribution in [0.5, 0.6) is 0 Å². The number of allylic oxidation sites excluding steroid dienone is 2. The molecule has 20 heteroatoms. The molecule has 0 aromatic carbocycles. The first-order chi connectivity index (χ1) is 31.9. The fourth-order valence-electron chi connectivity index (χ4n) is 15.0. The van der Waals surface area contributed by atoms with Crippen molar-refractivity contribution >= 4 is 11.9 Å². The molecule has 5 aliphatic carbocycles. The summed E-state index contributed by atoms with van der Waals surface area (Å²) in [6.45, 7) is 8.68. The topological polar surface area (TPSA) is 321 Å². The Balaban J connectivity index is 1.06. The van der Waals surface area contributed by atoms with Gasteiger partial charge in [0.05, 0.1) is 50.5 Å². The number of methoxy groups -OCH3 is 1. The summed E-state index contributed by atoms with van der Waals surface area (Å²) in [6.07, 6.45) is -15.3. The van der Waals surface area contributed by atoms with Gasteiger partial charge in [-0.2, -0.15) is 0 Å². The molecule has 0 bridgehead atoms. The molecule has 3 heterocycles. The molecular weight excluding hydrogens is 897 g/mol. The van der Waals surface area contributed by atoms with E-state index < -0.39 is 139 Å². The lowest BCUT2D eigenvalue weighted by Crippen LogP contribution is -2.67. The summed E-state index contributed by atoms with van der Waals surface area (Å²) in [5.74, 6) is -1.53. The zero-order valence-electron chi connectivity index (χ0n) is 40.0. The third-order valence-electron chi connectivity index (χ3n) is 19.5. The van der Waals surface area contributed by atoms with E-state index in [1.165, 1.54) is 7.11 Å². The molecule has 0 amide bonds. The normalized spacial score (nSPS) is 53.7. The van der Waals surface area contributed by atoms with Gasteiger partial charge >= 0.3 is 11.9 Å². The second-order valence-corrected chi connectivity index (χ2v) is 22.7. The predicted molar refractivity (Wildman–Crippen MR) is 232 cm³/mol. The highest BCUT2D eigenvalue weighted by atomic mass is 16.7. The van der Waals surface area contributed by atoms with E-state index >= 15 is 0 Å². The highest BCUT2D eigenvalue weighted by Gasteiger charge is 2.71. The smallest absolute Gasteiger partial charge is 0.315 e. The maximum atomic E-state index is 14.8. The average Bonchev–Trinajstić information content (AvgIpc) is 3.31. The number of carbonyl (C=O) groups excluding carboxylic acids is 2. The molecule has 8 rings (SSSR count). The molecular formula is C48H76O20. The van der Waals surface area contributed by atoms with E-state index in [0.717, 1.165) is 12.0 Å². The minimum Gasteiger partial charge on any atom is -0.469 e. The maximum Gasteiger partial charge on any atom is 0.315 e. The van der Waals surface area contributed by atoms with Crippen molar-refractivity contribution in [3.8, 4) is 0 Å². The van der Waals surface area contributed by atoms with Crippen LogP contribution in [0.15, 0.2) is 11.6 Å². The summed E-state index contributed by atoms with van der Waals surface area (Å²) < 4.78 is 40.7. The minimum atomic E-state index is -1.78.